The lowest BCUT2D eigenvalue weighted by molar-refractivity contribution is -0.140. The first-order chi connectivity index (χ1) is 19.9. The minimum absolute atomic E-state index is 0.0507. The predicted octanol–water partition coefficient (Wildman–Crippen LogP) is 7.16. The Morgan fingerprint density at radius 2 is 1.45 bits per heavy atom. The lowest BCUT2D eigenvalue weighted by Crippen LogP contribution is -2.44. The Bertz CT molecular complexity index is 1280. The molecule has 6 nitrogen and oxygen atoms in total. The Hall–Kier alpha value is -3.11. The Labute approximate surface area is 244 Å². The smallest absolute Gasteiger partial charge is 0.382 e. The third-order valence-corrected chi connectivity index (χ3v) is 8.45. The van der Waals surface area contributed by atoms with Crippen LogP contribution in [0.1, 0.15) is 55.2 Å². The number of carbonyl (C=O) groups excluding carboxylic acids is 1. The van der Waals surface area contributed by atoms with Crippen LogP contribution < -0.4 is 10.6 Å². The molecule has 42 heavy (non-hydrogen) atoms. The number of rotatable bonds is 8. The van der Waals surface area contributed by atoms with Crippen LogP contribution in [0.15, 0.2) is 41.3 Å². The van der Waals surface area contributed by atoms with Crippen LogP contribution in [0, 0.1) is 11.3 Å². The van der Waals surface area contributed by atoms with Gasteiger partial charge in [0.1, 0.15) is 6.61 Å². The molecule has 1 saturated heterocycles. The van der Waals surface area contributed by atoms with Crippen LogP contribution in [0.3, 0.4) is 0 Å². The topological polar surface area (TPSA) is 77.4 Å². The fraction of sp³-hybridized carbons (Fsp3) is 0.517. The fourth-order valence-corrected chi connectivity index (χ4v) is 5.98. The molecule has 2 N–H and O–H groups in total. The summed E-state index contributed by atoms with van der Waals surface area (Å²) in [5.74, 6) is -0.144. The van der Waals surface area contributed by atoms with Crippen molar-refractivity contribution in [3.05, 3.63) is 53.1 Å². The van der Waals surface area contributed by atoms with Crippen molar-refractivity contribution in [1.82, 2.24) is 4.90 Å². The number of alkyl halides is 6. The number of anilines is 2. The number of benzene rings is 2. The number of halogens is 6. The van der Waals surface area contributed by atoms with E-state index in [-0.39, 0.29) is 35.6 Å². The number of hydrogen-bond acceptors (Lipinski definition) is 6. The molecular formula is C29H32F6N4O2S. The second kappa shape index (κ2) is 13.5. The van der Waals surface area contributed by atoms with Crippen LogP contribution in [-0.4, -0.2) is 54.9 Å². The van der Waals surface area contributed by atoms with Gasteiger partial charge in [-0.15, -0.1) is 11.8 Å². The lowest BCUT2D eigenvalue weighted by Gasteiger charge is -2.34. The molecule has 0 bridgehead atoms. The lowest BCUT2D eigenvalue weighted by atomic mass is 9.92. The van der Waals surface area contributed by atoms with E-state index < -0.39 is 29.0 Å². The number of amides is 1. The summed E-state index contributed by atoms with van der Waals surface area (Å²) >= 11 is 1.05. The molecule has 2 aliphatic rings. The molecule has 1 aliphatic carbocycles. The van der Waals surface area contributed by atoms with Gasteiger partial charge in [0, 0.05) is 41.4 Å². The third-order valence-electron chi connectivity index (χ3n) is 7.66. The van der Waals surface area contributed by atoms with Crippen molar-refractivity contribution >= 4 is 29.0 Å². The van der Waals surface area contributed by atoms with Crippen LogP contribution in [0.4, 0.5) is 37.7 Å². The number of nitrogens with one attached hydrogen (secondary N) is 2. The summed E-state index contributed by atoms with van der Waals surface area (Å²) in [4.78, 5) is 14.6. The molecule has 0 atom stereocenters. The quantitative estimate of drug-likeness (QED) is 0.243. The zero-order chi connectivity index (χ0) is 30.5. The average molecular weight is 615 g/mol. The molecule has 2 aromatic rings. The van der Waals surface area contributed by atoms with E-state index in [1.807, 2.05) is 0 Å². The zero-order valence-corrected chi connectivity index (χ0v) is 23.8. The predicted molar refractivity (Wildman–Crippen MR) is 148 cm³/mol. The molecule has 1 heterocycles. The molecule has 0 spiro atoms. The molecule has 1 aliphatic heterocycles. The van der Waals surface area contributed by atoms with Crippen molar-refractivity contribution in [1.29, 1.82) is 5.26 Å². The van der Waals surface area contributed by atoms with Crippen LogP contribution in [0.5, 0.6) is 0 Å². The Morgan fingerprint density at radius 3 is 2.00 bits per heavy atom. The van der Waals surface area contributed by atoms with Crippen molar-refractivity contribution in [3.8, 4) is 6.07 Å². The van der Waals surface area contributed by atoms with E-state index in [2.05, 4.69) is 10.6 Å². The normalized spacial score (nSPS) is 20.2. The highest BCUT2D eigenvalue weighted by molar-refractivity contribution is 7.98. The molecule has 0 radical (unpaired) electrons. The summed E-state index contributed by atoms with van der Waals surface area (Å²) in [7, 11) is 0. The second-order valence-electron chi connectivity index (χ2n) is 10.5. The monoisotopic (exact) mass is 614 g/mol. The molecule has 0 unspecified atom stereocenters. The average Bonchev–Trinajstić information content (AvgIpc) is 2.96. The van der Waals surface area contributed by atoms with Crippen molar-refractivity contribution in [2.45, 2.75) is 74.0 Å². The summed E-state index contributed by atoms with van der Waals surface area (Å²) in [5.41, 5.74) is -1.35. The summed E-state index contributed by atoms with van der Waals surface area (Å²) in [5, 5.41) is 15.2. The summed E-state index contributed by atoms with van der Waals surface area (Å²) in [6.45, 7) is 0.864. The minimum Gasteiger partial charge on any atom is -0.382 e. The van der Waals surface area contributed by atoms with Gasteiger partial charge in [-0.25, -0.2) is 0 Å². The van der Waals surface area contributed by atoms with Gasteiger partial charge in [0.2, 0.25) is 5.91 Å². The number of likely N-dealkylation sites (tertiary alicyclic amines) is 1. The summed E-state index contributed by atoms with van der Waals surface area (Å²) in [6, 6.07) is 9.29. The van der Waals surface area contributed by atoms with Gasteiger partial charge in [-0.2, -0.15) is 31.6 Å². The second-order valence-corrected chi connectivity index (χ2v) is 11.4. The van der Waals surface area contributed by atoms with Crippen LogP contribution in [0.25, 0.3) is 0 Å². The molecule has 4 rings (SSSR count). The number of nitriles is 1. The molecule has 0 aromatic heterocycles. The first-order valence-electron chi connectivity index (χ1n) is 13.7. The minimum atomic E-state index is -4.62. The number of thioether (sulfide) groups is 1. The van der Waals surface area contributed by atoms with E-state index in [4.69, 9.17) is 10.00 Å². The van der Waals surface area contributed by atoms with E-state index in [0.29, 0.717) is 63.0 Å². The van der Waals surface area contributed by atoms with Gasteiger partial charge in [-0.1, -0.05) is 0 Å². The molecule has 228 valence electrons. The Balaban J connectivity index is 1.18. The maximum Gasteiger partial charge on any atom is 0.417 e. The van der Waals surface area contributed by atoms with Crippen LogP contribution in [-0.2, 0) is 21.9 Å². The van der Waals surface area contributed by atoms with Gasteiger partial charge >= 0.3 is 12.4 Å². The Morgan fingerprint density at radius 1 is 0.905 bits per heavy atom. The molecule has 2 fully saturated rings. The number of hydrogen-bond donors (Lipinski definition) is 2. The van der Waals surface area contributed by atoms with E-state index in [0.717, 1.165) is 30.0 Å². The number of nitrogens with zero attached hydrogens (tertiary/aromatic N) is 2. The summed E-state index contributed by atoms with van der Waals surface area (Å²) < 4.78 is 85.7. The van der Waals surface area contributed by atoms with E-state index in [1.165, 1.54) is 12.1 Å². The maximum atomic E-state index is 13.4. The highest BCUT2D eigenvalue weighted by Gasteiger charge is 2.35. The van der Waals surface area contributed by atoms with Crippen molar-refractivity contribution in [3.63, 3.8) is 0 Å². The largest absolute Gasteiger partial charge is 0.417 e. The number of ether oxygens (including phenoxy) is 1. The van der Waals surface area contributed by atoms with Crippen LogP contribution >= 0.6 is 11.8 Å². The van der Waals surface area contributed by atoms with Gasteiger partial charge in [-0.3, -0.25) is 4.79 Å². The highest BCUT2D eigenvalue weighted by atomic mass is 32.2. The molecule has 1 saturated carbocycles. The van der Waals surface area contributed by atoms with Crippen molar-refractivity contribution < 1.29 is 35.9 Å². The van der Waals surface area contributed by atoms with Crippen molar-refractivity contribution in [2.75, 3.05) is 36.6 Å². The first kappa shape index (κ1) is 31.8. The molecular weight excluding hydrogens is 582 g/mol. The standard InChI is InChI=1S/C29H32F6N4O2S/c1-42-26-9-6-22(15-25(26)29(33,34)35)38-20-10-12-39(13-11-20)27(40)17-41-23-7-4-19(5-8-23)37-21-3-2-18(16-36)24(14-21)28(30,31)32/h2-3,6,9,14-15,19-20,23,37-38H,4-5,7-8,10-13,17H2,1H3. The molecule has 2 aromatic carbocycles. The van der Waals surface area contributed by atoms with Crippen molar-refractivity contribution in [2.24, 2.45) is 0 Å². The van der Waals surface area contributed by atoms with E-state index in [1.54, 1.807) is 23.3 Å². The van der Waals surface area contributed by atoms with Crippen LogP contribution in [0.2, 0.25) is 0 Å². The van der Waals surface area contributed by atoms with Gasteiger partial charge in [0.25, 0.3) is 0 Å². The zero-order valence-electron chi connectivity index (χ0n) is 22.9. The van der Waals surface area contributed by atoms with Gasteiger partial charge in [0.15, 0.2) is 0 Å². The highest BCUT2D eigenvalue weighted by Crippen LogP contribution is 2.38. The SMILES string of the molecule is CSc1ccc(NC2CCN(C(=O)COC3CCC(Nc4ccc(C#N)c(C(F)(F)F)c4)CC3)CC2)cc1C(F)(F)F. The summed E-state index contributed by atoms with van der Waals surface area (Å²) in [6.07, 6.45) is -3.78. The van der Waals surface area contributed by atoms with Gasteiger partial charge in [0.05, 0.1) is 28.9 Å². The maximum absolute atomic E-state index is 13.4. The third kappa shape index (κ3) is 8.25. The van der Waals surface area contributed by atoms with E-state index in [9.17, 15) is 31.1 Å². The van der Waals surface area contributed by atoms with Gasteiger partial charge < -0.3 is 20.3 Å². The molecule has 13 heteroatoms. The first-order valence-corrected chi connectivity index (χ1v) is 14.9. The number of carbonyl (C=O) groups is 1. The van der Waals surface area contributed by atoms with Gasteiger partial charge in [-0.05, 0) is 81.2 Å². The number of piperidine rings is 1. The van der Waals surface area contributed by atoms with E-state index >= 15 is 0 Å². The fourth-order valence-electron chi connectivity index (χ4n) is 5.38. The molecule has 1 amide bonds. The Kier molecular flexibility index (Phi) is 10.2.